The number of nitriles is 1. The molecule has 2 aliphatic carbocycles. The van der Waals surface area contributed by atoms with E-state index in [1.807, 2.05) is 6.07 Å². The van der Waals surface area contributed by atoms with Gasteiger partial charge in [-0.05, 0) is 42.5 Å². The molecule has 1 aromatic carbocycles. The zero-order valence-corrected chi connectivity index (χ0v) is 16.7. The van der Waals surface area contributed by atoms with Crippen LogP contribution in [0.1, 0.15) is 42.6 Å². The van der Waals surface area contributed by atoms with E-state index in [1.165, 1.54) is 16.7 Å². The number of fused-ring (bicyclic) bond motifs is 1. The molecule has 0 saturated heterocycles. The zero-order chi connectivity index (χ0) is 22.7. The number of benzene rings is 1. The van der Waals surface area contributed by atoms with Gasteiger partial charge in [0.15, 0.2) is 5.65 Å². The Morgan fingerprint density at radius 1 is 1.12 bits per heavy atom. The number of aromatic nitrogens is 3. The predicted octanol–water partition coefficient (Wildman–Crippen LogP) is 4.98. The Labute approximate surface area is 179 Å². The monoisotopic (exact) mass is 448 g/mol. The lowest BCUT2D eigenvalue weighted by Gasteiger charge is -2.42. The first-order valence-electron chi connectivity index (χ1n) is 10.2. The second-order valence-electron chi connectivity index (χ2n) is 8.51. The molecule has 0 N–H and O–H groups in total. The molecule has 0 spiro atoms. The van der Waals surface area contributed by atoms with Crippen molar-refractivity contribution in [3.05, 3.63) is 59.0 Å². The van der Waals surface area contributed by atoms with Gasteiger partial charge in [0.25, 0.3) is 0 Å². The van der Waals surface area contributed by atoms with Crippen molar-refractivity contribution in [1.29, 1.82) is 5.26 Å². The lowest BCUT2D eigenvalue weighted by molar-refractivity contribution is -0.138. The average molecular weight is 448 g/mol. The minimum atomic E-state index is -4.73. The fraction of sp³-hybridized carbons (Fsp3) is 0.409. The number of hydrogen-bond donors (Lipinski definition) is 0. The fourth-order valence-electron chi connectivity index (χ4n) is 4.27. The van der Waals surface area contributed by atoms with Crippen LogP contribution in [0.2, 0.25) is 0 Å². The highest BCUT2D eigenvalue weighted by Crippen LogP contribution is 2.47. The van der Waals surface area contributed by atoms with E-state index in [1.54, 1.807) is 0 Å². The molecule has 0 aliphatic heterocycles. The Bertz CT molecular complexity index is 1220. The van der Waals surface area contributed by atoms with Crippen LogP contribution in [0.3, 0.4) is 0 Å². The maximum absolute atomic E-state index is 13.9. The Hall–Kier alpha value is -3.22. The Morgan fingerprint density at radius 2 is 1.81 bits per heavy atom. The first-order valence-corrected chi connectivity index (χ1v) is 10.2. The SMILES string of the molecule is N#C[C@]1(c2cc(F)cc(F)c2)C[C@@H](Oc2ccn3c(CC4CC4)nnc3c2C(F)(F)F)C1. The highest BCUT2D eigenvalue weighted by molar-refractivity contribution is 5.57. The maximum Gasteiger partial charge on any atom is 0.423 e. The molecule has 0 radical (unpaired) electrons. The molecule has 0 amide bonds. The second-order valence-corrected chi connectivity index (χ2v) is 8.51. The number of pyridine rings is 1. The zero-order valence-electron chi connectivity index (χ0n) is 16.7. The molecular weight excluding hydrogens is 431 g/mol. The van der Waals surface area contributed by atoms with Crippen LogP contribution in [0, 0.1) is 28.9 Å². The summed E-state index contributed by atoms with van der Waals surface area (Å²) in [6.07, 6.45) is -1.36. The summed E-state index contributed by atoms with van der Waals surface area (Å²) in [4.78, 5) is 0. The van der Waals surface area contributed by atoms with Crippen molar-refractivity contribution < 1.29 is 26.7 Å². The number of halogens is 5. The van der Waals surface area contributed by atoms with Gasteiger partial charge in [0.1, 0.15) is 34.9 Å². The van der Waals surface area contributed by atoms with E-state index < -0.39 is 40.6 Å². The third-order valence-electron chi connectivity index (χ3n) is 6.14. The van der Waals surface area contributed by atoms with Crippen LogP contribution < -0.4 is 4.74 Å². The number of nitrogens with zero attached hydrogens (tertiary/aromatic N) is 4. The summed E-state index contributed by atoms with van der Waals surface area (Å²) in [5.74, 6) is -1.15. The minimum Gasteiger partial charge on any atom is -0.489 e. The molecule has 0 bridgehead atoms. The lowest BCUT2D eigenvalue weighted by Crippen LogP contribution is -2.46. The van der Waals surface area contributed by atoms with Gasteiger partial charge in [0, 0.05) is 31.5 Å². The van der Waals surface area contributed by atoms with Crippen LogP contribution in [0.4, 0.5) is 22.0 Å². The Balaban J connectivity index is 1.43. The Morgan fingerprint density at radius 3 is 2.41 bits per heavy atom. The van der Waals surface area contributed by atoms with E-state index in [0.29, 0.717) is 24.2 Å². The van der Waals surface area contributed by atoms with Gasteiger partial charge in [0.2, 0.25) is 0 Å². The standard InChI is InChI=1S/C22H17F5N4O/c23-14-6-13(7-15(24)8-14)21(11-28)9-16(10-21)32-17-3-4-31-18(5-12-1-2-12)29-30-20(31)19(17)22(25,26)27/h3-4,6-8,12,16H,1-2,5,9-10H2/t16-,21+. The second kappa shape index (κ2) is 7.15. The van der Waals surface area contributed by atoms with Crippen LogP contribution in [0.25, 0.3) is 5.65 Å². The number of rotatable bonds is 5. The molecule has 166 valence electrons. The van der Waals surface area contributed by atoms with Gasteiger partial charge in [0.05, 0.1) is 11.5 Å². The molecule has 2 aliphatic rings. The van der Waals surface area contributed by atoms with Gasteiger partial charge in [-0.2, -0.15) is 18.4 Å². The molecule has 2 aromatic heterocycles. The van der Waals surface area contributed by atoms with E-state index in [4.69, 9.17) is 4.74 Å². The van der Waals surface area contributed by atoms with E-state index in [-0.39, 0.29) is 24.1 Å². The summed E-state index contributed by atoms with van der Waals surface area (Å²) in [6, 6.07) is 6.09. The van der Waals surface area contributed by atoms with Gasteiger partial charge < -0.3 is 4.74 Å². The largest absolute Gasteiger partial charge is 0.489 e. The molecule has 0 unspecified atom stereocenters. The summed E-state index contributed by atoms with van der Waals surface area (Å²) in [7, 11) is 0. The lowest BCUT2D eigenvalue weighted by atomic mass is 9.63. The van der Waals surface area contributed by atoms with Crippen LogP contribution in [0.5, 0.6) is 5.75 Å². The fourth-order valence-corrected chi connectivity index (χ4v) is 4.27. The van der Waals surface area contributed by atoms with Gasteiger partial charge in [-0.1, -0.05) is 0 Å². The number of alkyl halides is 3. The van der Waals surface area contributed by atoms with Crippen LogP contribution in [-0.4, -0.2) is 20.7 Å². The summed E-state index contributed by atoms with van der Waals surface area (Å²) in [5, 5.41) is 17.3. The van der Waals surface area contributed by atoms with Crippen molar-refractivity contribution in [3.8, 4) is 11.8 Å². The van der Waals surface area contributed by atoms with E-state index in [0.717, 1.165) is 25.0 Å². The molecule has 5 rings (SSSR count). The van der Waals surface area contributed by atoms with Gasteiger partial charge in [-0.15, -0.1) is 10.2 Å². The van der Waals surface area contributed by atoms with Crippen LogP contribution in [0.15, 0.2) is 30.5 Å². The first kappa shape index (κ1) is 20.7. The predicted molar refractivity (Wildman–Crippen MR) is 102 cm³/mol. The molecule has 2 saturated carbocycles. The first-order chi connectivity index (χ1) is 15.2. The van der Waals surface area contributed by atoms with E-state index in [2.05, 4.69) is 10.2 Å². The number of ether oxygens (including phenoxy) is 1. The molecule has 2 fully saturated rings. The number of hydrogen-bond acceptors (Lipinski definition) is 4. The van der Waals surface area contributed by atoms with Gasteiger partial charge >= 0.3 is 6.18 Å². The van der Waals surface area contributed by atoms with E-state index in [9.17, 15) is 27.2 Å². The van der Waals surface area contributed by atoms with Crippen LogP contribution >= 0.6 is 0 Å². The highest BCUT2D eigenvalue weighted by atomic mass is 19.4. The van der Waals surface area contributed by atoms with Gasteiger partial charge in [-0.3, -0.25) is 4.40 Å². The molecule has 0 atom stereocenters. The highest BCUT2D eigenvalue weighted by Gasteiger charge is 2.49. The quantitative estimate of drug-likeness (QED) is 0.517. The smallest absolute Gasteiger partial charge is 0.423 e. The molecule has 10 heteroatoms. The molecule has 3 aromatic rings. The minimum absolute atomic E-state index is 0.00842. The van der Waals surface area contributed by atoms with E-state index >= 15 is 0 Å². The van der Waals surface area contributed by atoms with Crippen molar-refractivity contribution >= 4 is 5.65 Å². The van der Waals surface area contributed by atoms with Crippen molar-refractivity contribution in [2.75, 3.05) is 0 Å². The van der Waals surface area contributed by atoms with Gasteiger partial charge in [-0.25, -0.2) is 8.78 Å². The van der Waals surface area contributed by atoms with Crippen LogP contribution in [-0.2, 0) is 18.0 Å². The van der Waals surface area contributed by atoms with Crippen molar-refractivity contribution in [3.63, 3.8) is 0 Å². The molecule has 32 heavy (non-hydrogen) atoms. The third-order valence-corrected chi connectivity index (χ3v) is 6.14. The topological polar surface area (TPSA) is 63.2 Å². The summed E-state index contributed by atoms with van der Waals surface area (Å²) in [6.45, 7) is 0. The summed E-state index contributed by atoms with van der Waals surface area (Å²) < 4.78 is 75.9. The normalized spacial score (nSPS) is 23.1. The maximum atomic E-state index is 13.9. The third kappa shape index (κ3) is 3.55. The average Bonchev–Trinajstić information content (AvgIpc) is 3.41. The van der Waals surface area contributed by atoms with Crippen molar-refractivity contribution in [2.24, 2.45) is 5.92 Å². The molecular formula is C22H17F5N4O. The summed E-state index contributed by atoms with van der Waals surface area (Å²) >= 11 is 0. The van der Waals surface area contributed by atoms with Crippen molar-refractivity contribution in [1.82, 2.24) is 14.6 Å². The summed E-state index contributed by atoms with van der Waals surface area (Å²) in [5.41, 5.74) is -2.43. The molecule has 2 heterocycles. The molecule has 5 nitrogen and oxygen atoms in total. The van der Waals surface area contributed by atoms with Crippen molar-refractivity contribution in [2.45, 2.75) is 49.8 Å². The Kier molecular flexibility index (Phi) is 4.62.